The van der Waals surface area contributed by atoms with Crippen molar-refractivity contribution < 1.29 is 18.0 Å². The van der Waals surface area contributed by atoms with Crippen LogP contribution in [0.2, 0.25) is 0 Å². The maximum atomic E-state index is 12.7. The summed E-state index contributed by atoms with van der Waals surface area (Å²) in [5.41, 5.74) is 4.41. The molecule has 0 aliphatic heterocycles. The molecule has 0 bridgehead atoms. The summed E-state index contributed by atoms with van der Waals surface area (Å²) in [7, 11) is 0. The van der Waals surface area contributed by atoms with Gasteiger partial charge in [0.2, 0.25) is 5.91 Å². The molecule has 1 amide bonds. The number of amides is 1. The first-order valence-corrected chi connectivity index (χ1v) is 5.59. The van der Waals surface area contributed by atoms with E-state index >= 15 is 0 Å². The summed E-state index contributed by atoms with van der Waals surface area (Å²) in [6.07, 6.45) is -3.38. The molecule has 0 fully saturated rings. The fraction of sp³-hybridized carbons (Fsp3) is 0.417. The quantitative estimate of drug-likeness (QED) is 0.874. The van der Waals surface area contributed by atoms with E-state index < -0.39 is 23.7 Å². The van der Waals surface area contributed by atoms with Crippen molar-refractivity contribution in [3.05, 3.63) is 29.8 Å². The normalized spacial score (nSPS) is 13.2. The zero-order valence-corrected chi connectivity index (χ0v) is 9.92. The zero-order chi connectivity index (χ0) is 13.8. The summed E-state index contributed by atoms with van der Waals surface area (Å²) in [6, 6.07) is 4.03. The molecule has 100 valence electrons. The number of hydrogen-bond donors (Lipinski definition) is 2. The van der Waals surface area contributed by atoms with Crippen molar-refractivity contribution in [1.29, 1.82) is 0 Å². The second-order valence-corrected chi connectivity index (χ2v) is 3.93. The highest BCUT2D eigenvalue weighted by atomic mass is 19.4. The van der Waals surface area contributed by atoms with Gasteiger partial charge < -0.3 is 11.1 Å². The van der Waals surface area contributed by atoms with Crippen LogP contribution in [0.15, 0.2) is 24.3 Å². The largest absolute Gasteiger partial charge is 0.418 e. The van der Waals surface area contributed by atoms with Gasteiger partial charge in [-0.1, -0.05) is 25.5 Å². The third-order valence-corrected chi connectivity index (χ3v) is 2.43. The van der Waals surface area contributed by atoms with Gasteiger partial charge in [0.15, 0.2) is 0 Å². The number of anilines is 1. The van der Waals surface area contributed by atoms with Crippen molar-refractivity contribution in [2.24, 2.45) is 5.73 Å². The lowest BCUT2D eigenvalue weighted by atomic mass is 10.1. The van der Waals surface area contributed by atoms with Crippen LogP contribution in [-0.2, 0) is 11.0 Å². The van der Waals surface area contributed by atoms with Gasteiger partial charge >= 0.3 is 6.18 Å². The Morgan fingerprint density at radius 3 is 2.56 bits per heavy atom. The van der Waals surface area contributed by atoms with Gasteiger partial charge in [-0.3, -0.25) is 4.79 Å². The minimum Gasteiger partial charge on any atom is -0.324 e. The second-order valence-electron chi connectivity index (χ2n) is 3.93. The van der Waals surface area contributed by atoms with Crippen LogP contribution in [-0.4, -0.2) is 11.9 Å². The molecular weight excluding hydrogens is 245 g/mol. The van der Waals surface area contributed by atoms with Crippen molar-refractivity contribution in [3.8, 4) is 0 Å². The molecule has 0 aromatic heterocycles. The van der Waals surface area contributed by atoms with Gasteiger partial charge in [-0.15, -0.1) is 0 Å². The highest BCUT2D eigenvalue weighted by molar-refractivity contribution is 5.95. The fourth-order valence-electron chi connectivity index (χ4n) is 1.51. The number of benzene rings is 1. The van der Waals surface area contributed by atoms with E-state index in [9.17, 15) is 18.0 Å². The maximum Gasteiger partial charge on any atom is 0.418 e. The average molecular weight is 260 g/mol. The van der Waals surface area contributed by atoms with Gasteiger partial charge in [-0.25, -0.2) is 0 Å². The highest BCUT2D eigenvalue weighted by Gasteiger charge is 2.33. The molecule has 0 heterocycles. The molecule has 0 spiro atoms. The molecule has 1 rings (SSSR count). The van der Waals surface area contributed by atoms with Gasteiger partial charge in [0, 0.05) is 0 Å². The van der Waals surface area contributed by atoms with Gasteiger partial charge in [-0.2, -0.15) is 13.2 Å². The Hall–Kier alpha value is -1.56. The van der Waals surface area contributed by atoms with Crippen LogP contribution in [0.5, 0.6) is 0 Å². The monoisotopic (exact) mass is 260 g/mol. The lowest BCUT2D eigenvalue weighted by Crippen LogP contribution is -2.35. The van der Waals surface area contributed by atoms with E-state index in [1.807, 2.05) is 6.92 Å². The summed E-state index contributed by atoms with van der Waals surface area (Å²) in [6.45, 7) is 1.84. The summed E-state index contributed by atoms with van der Waals surface area (Å²) in [5.74, 6) is -0.603. The minimum atomic E-state index is -4.50. The minimum absolute atomic E-state index is 0.262. The molecule has 0 saturated heterocycles. The first-order chi connectivity index (χ1) is 8.36. The van der Waals surface area contributed by atoms with Gasteiger partial charge in [0.05, 0.1) is 17.3 Å². The van der Waals surface area contributed by atoms with E-state index in [1.165, 1.54) is 18.2 Å². The number of halogens is 3. The van der Waals surface area contributed by atoms with E-state index in [2.05, 4.69) is 5.32 Å². The van der Waals surface area contributed by atoms with E-state index in [0.717, 1.165) is 6.07 Å². The summed E-state index contributed by atoms with van der Waals surface area (Å²) >= 11 is 0. The van der Waals surface area contributed by atoms with Crippen LogP contribution in [0.3, 0.4) is 0 Å². The molecule has 6 heteroatoms. The number of carbonyl (C=O) groups excluding carboxylic acids is 1. The molecule has 3 nitrogen and oxygen atoms in total. The van der Waals surface area contributed by atoms with Crippen molar-refractivity contribution in [1.82, 2.24) is 0 Å². The van der Waals surface area contributed by atoms with Crippen LogP contribution < -0.4 is 11.1 Å². The Bertz CT molecular complexity index is 418. The number of alkyl halides is 3. The van der Waals surface area contributed by atoms with E-state index in [-0.39, 0.29) is 5.69 Å². The number of nitrogens with one attached hydrogen (secondary N) is 1. The van der Waals surface area contributed by atoms with Crippen LogP contribution in [0, 0.1) is 0 Å². The number of carbonyl (C=O) groups is 1. The topological polar surface area (TPSA) is 55.1 Å². The molecular formula is C12H15F3N2O. The van der Waals surface area contributed by atoms with Crippen LogP contribution >= 0.6 is 0 Å². The highest BCUT2D eigenvalue weighted by Crippen LogP contribution is 2.34. The lowest BCUT2D eigenvalue weighted by molar-refractivity contribution is -0.137. The standard InChI is InChI=1S/C12H15F3N2O/c1-2-5-9(16)11(18)17-10-7-4-3-6-8(10)12(13,14)15/h3-4,6-7,9H,2,5,16H2,1H3,(H,17,18)/t9-/m1/s1. The molecule has 3 N–H and O–H groups in total. The van der Waals surface area contributed by atoms with Crippen LogP contribution in [0.25, 0.3) is 0 Å². The smallest absolute Gasteiger partial charge is 0.324 e. The van der Waals surface area contributed by atoms with Crippen molar-refractivity contribution >= 4 is 11.6 Å². The molecule has 0 aliphatic rings. The maximum absolute atomic E-state index is 12.7. The summed E-state index contributed by atoms with van der Waals surface area (Å²) in [5, 5.41) is 2.22. The SMILES string of the molecule is CCC[C@@H](N)C(=O)Nc1ccccc1C(F)(F)F. The molecule has 0 radical (unpaired) electrons. The van der Waals surface area contributed by atoms with Crippen LogP contribution in [0.1, 0.15) is 25.3 Å². The molecule has 18 heavy (non-hydrogen) atoms. The van der Waals surface area contributed by atoms with E-state index in [0.29, 0.717) is 12.8 Å². The predicted octanol–water partition coefficient (Wildman–Crippen LogP) is 2.77. The predicted molar refractivity (Wildman–Crippen MR) is 63.0 cm³/mol. The molecule has 0 aliphatic carbocycles. The third-order valence-electron chi connectivity index (χ3n) is 2.43. The molecule has 0 unspecified atom stereocenters. The number of nitrogens with two attached hydrogens (primary N) is 1. The Kier molecular flexibility index (Phi) is 4.72. The average Bonchev–Trinajstić information content (AvgIpc) is 2.28. The number of hydrogen-bond acceptors (Lipinski definition) is 2. The zero-order valence-electron chi connectivity index (χ0n) is 9.92. The lowest BCUT2D eigenvalue weighted by Gasteiger charge is -2.15. The molecule has 1 atom stereocenters. The van der Waals surface area contributed by atoms with E-state index in [4.69, 9.17) is 5.73 Å². The summed E-state index contributed by atoms with van der Waals surface area (Å²) in [4.78, 5) is 11.6. The third kappa shape index (κ3) is 3.73. The van der Waals surface area contributed by atoms with Crippen molar-refractivity contribution in [3.63, 3.8) is 0 Å². The van der Waals surface area contributed by atoms with E-state index in [1.54, 1.807) is 0 Å². The first kappa shape index (κ1) is 14.5. The Balaban J connectivity index is 2.88. The number of para-hydroxylation sites is 1. The Morgan fingerprint density at radius 1 is 1.39 bits per heavy atom. The number of rotatable bonds is 4. The first-order valence-electron chi connectivity index (χ1n) is 5.59. The Morgan fingerprint density at radius 2 is 2.00 bits per heavy atom. The summed E-state index contributed by atoms with van der Waals surface area (Å²) < 4.78 is 38.0. The van der Waals surface area contributed by atoms with Gasteiger partial charge in [0.1, 0.15) is 0 Å². The van der Waals surface area contributed by atoms with Gasteiger partial charge in [-0.05, 0) is 18.6 Å². The van der Waals surface area contributed by atoms with Crippen LogP contribution in [0.4, 0.5) is 18.9 Å². The fourth-order valence-corrected chi connectivity index (χ4v) is 1.51. The Labute approximate surface area is 103 Å². The van der Waals surface area contributed by atoms with Gasteiger partial charge in [0.25, 0.3) is 0 Å². The molecule has 1 aromatic carbocycles. The van der Waals surface area contributed by atoms with Crippen molar-refractivity contribution in [2.45, 2.75) is 32.0 Å². The molecule has 1 aromatic rings. The second kappa shape index (κ2) is 5.86. The molecule has 0 saturated carbocycles. The van der Waals surface area contributed by atoms with Crippen molar-refractivity contribution in [2.75, 3.05) is 5.32 Å².